The maximum atomic E-state index is 13.3. The van der Waals surface area contributed by atoms with Crippen molar-refractivity contribution in [1.82, 2.24) is 0 Å². The number of aromatic hydroxyl groups is 2. The molecule has 1 aromatic heterocycles. The second kappa shape index (κ2) is 17.1. The van der Waals surface area contributed by atoms with Crippen molar-refractivity contribution in [3.63, 3.8) is 0 Å². The molecule has 0 amide bonds. The van der Waals surface area contributed by atoms with Gasteiger partial charge in [-0.15, -0.1) is 0 Å². The van der Waals surface area contributed by atoms with Gasteiger partial charge in [0.1, 0.15) is 71.8 Å². The Labute approximate surface area is 310 Å². The summed E-state index contributed by atoms with van der Waals surface area (Å²) in [7, 11) is 3.95. The lowest BCUT2D eigenvalue weighted by Gasteiger charge is -2.39. The fourth-order valence-electron chi connectivity index (χ4n) is 5.67. The topological polar surface area (TPSA) is 291 Å². The Bertz CT molecular complexity index is 2050. The first-order valence-corrected chi connectivity index (χ1v) is 16.3. The van der Waals surface area contributed by atoms with E-state index >= 15 is 0 Å². The van der Waals surface area contributed by atoms with E-state index in [4.69, 9.17) is 42.7 Å². The second-order valence-corrected chi connectivity index (χ2v) is 12.1. The van der Waals surface area contributed by atoms with Gasteiger partial charge < -0.3 is 78.4 Å². The third kappa shape index (κ3) is 8.78. The van der Waals surface area contributed by atoms with Gasteiger partial charge in [-0.05, 0) is 29.8 Å². The summed E-state index contributed by atoms with van der Waals surface area (Å²) in [6.45, 7) is -1.38. The van der Waals surface area contributed by atoms with Gasteiger partial charge >= 0.3 is 11.9 Å². The van der Waals surface area contributed by atoms with Crippen LogP contribution in [0.4, 0.5) is 0 Å². The number of carboxylic acids is 1. The van der Waals surface area contributed by atoms with Crippen molar-refractivity contribution in [2.45, 2.75) is 49.3 Å². The predicted octanol–water partition coefficient (Wildman–Crippen LogP) is 0.575. The van der Waals surface area contributed by atoms with Crippen LogP contribution in [0.1, 0.15) is 18.1 Å². The molecule has 3 aromatic carbocycles. The summed E-state index contributed by atoms with van der Waals surface area (Å²) in [6.07, 6.45) is -12.4. The van der Waals surface area contributed by atoms with E-state index < -0.39 is 85.7 Å². The number of methoxy groups -OCH3 is 3. The van der Waals surface area contributed by atoms with Crippen LogP contribution < -0.4 is 29.1 Å². The zero-order chi connectivity index (χ0) is 40.1. The number of aliphatic hydroxyl groups is 5. The highest BCUT2D eigenvalue weighted by Gasteiger charge is 2.45. The summed E-state index contributed by atoms with van der Waals surface area (Å²) in [4.78, 5) is 35.7. The summed E-state index contributed by atoms with van der Waals surface area (Å²) >= 11 is 0. The minimum absolute atomic E-state index is 0.0262. The number of aliphatic carboxylic acids is 1. The number of ether oxygens (including phenoxy) is 7. The van der Waals surface area contributed by atoms with Crippen LogP contribution >= 0.6 is 0 Å². The van der Waals surface area contributed by atoms with Gasteiger partial charge in [-0.3, -0.25) is 14.4 Å². The molecule has 1 aliphatic heterocycles. The van der Waals surface area contributed by atoms with E-state index in [0.717, 1.165) is 12.1 Å². The van der Waals surface area contributed by atoms with Gasteiger partial charge in [-0.1, -0.05) is 6.07 Å². The van der Waals surface area contributed by atoms with Gasteiger partial charge in [-0.2, -0.15) is 0 Å². The molecule has 7 unspecified atom stereocenters. The smallest absolute Gasteiger partial charge is 0.317 e. The zero-order valence-electron chi connectivity index (χ0n) is 29.4. The van der Waals surface area contributed by atoms with E-state index in [0.29, 0.717) is 0 Å². The summed E-state index contributed by atoms with van der Waals surface area (Å²) in [6, 6.07) is 10.2. The number of rotatable bonds is 15. The highest BCUT2D eigenvalue weighted by Crippen LogP contribution is 2.44. The summed E-state index contributed by atoms with van der Waals surface area (Å²) in [5, 5.41) is 81.7. The molecule has 5 rings (SSSR count). The Morgan fingerprint density at radius 2 is 1.53 bits per heavy atom. The fourth-order valence-corrected chi connectivity index (χ4v) is 5.67. The van der Waals surface area contributed by atoms with Crippen LogP contribution in [0.2, 0.25) is 0 Å². The van der Waals surface area contributed by atoms with Gasteiger partial charge in [-0.25, -0.2) is 0 Å². The fraction of sp³-hybridized carbons (Fsp3) is 0.361. The third-order valence-electron chi connectivity index (χ3n) is 8.50. The molecule has 0 radical (unpaired) electrons. The van der Waals surface area contributed by atoms with Crippen molar-refractivity contribution < 1.29 is 88.0 Å². The molecule has 296 valence electrons. The summed E-state index contributed by atoms with van der Waals surface area (Å²) in [5.41, 5.74) is -0.446. The SMILES string of the molecule is COc1cc(C(O)C(CO)Oc2c(OC)cc(-c3cc(=O)c4c(O)cc(OC5OC(COC(=O)CC(=O)O)C(O)C(O)C5O)cc4o3)cc2OC)ccc1O. The Balaban J connectivity index is 1.43. The number of carbonyl (C=O) groups excluding carboxylic acids is 1. The van der Waals surface area contributed by atoms with Crippen LogP contribution in [0.3, 0.4) is 0 Å². The molecule has 55 heavy (non-hydrogen) atoms. The number of esters is 1. The maximum absolute atomic E-state index is 13.3. The molecule has 0 spiro atoms. The number of phenols is 2. The van der Waals surface area contributed by atoms with E-state index in [1.54, 1.807) is 0 Å². The van der Waals surface area contributed by atoms with Gasteiger partial charge in [0.25, 0.3) is 0 Å². The summed E-state index contributed by atoms with van der Waals surface area (Å²) < 4.78 is 44.1. The quantitative estimate of drug-likeness (QED) is 0.0605. The van der Waals surface area contributed by atoms with Crippen LogP contribution in [-0.2, 0) is 19.1 Å². The van der Waals surface area contributed by atoms with Gasteiger partial charge in [0, 0.05) is 23.8 Å². The van der Waals surface area contributed by atoms with Crippen molar-refractivity contribution in [3.8, 4) is 51.6 Å². The molecule has 19 heteroatoms. The zero-order valence-corrected chi connectivity index (χ0v) is 29.4. The molecule has 0 aliphatic carbocycles. The van der Waals surface area contributed by atoms with Crippen molar-refractivity contribution in [2.75, 3.05) is 34.5 Å². The lowest BCUT2D eigenvalue weighted by Crippen LogP contribution is -2.60. The lowest BCUT2D eigenvalue weighted by atomic mass is 9.99. The molecule has 1 aliphatic rings. The minimum atomic E-state index is -1.87. The summed E-state index contributed by atoms with van der Waals surface area (Å²) in [5.74, 6) is -3.58. The molecule has 19 nitrogen and oxygen atoms in total. The van der Waals surface area contributed by atoms with Crippen LogP contribution in [0.5, 0.6) is 40.2 Å². The Kier molecular flexibility index (Phi) is 12.5. The monoisotopic (exact) mass is 774 g/mol. The predicted molar refractivity (Wildman–Crippen MR) is 184 cm³/mol. The average molecular weight is 775 g/mol. The van der Waals surface area contributed by atoms with E-state index in [9.17, 15) is 50.1 Å². The largest absolute Gasteiger partial charge is 0.507 e. The molecule has 2 heterocycles. The van der Waals surface area contributed by atoms with Gasteiger partial charge in [0.05, 0.1) is 27.9 Å². The minimum Gasteiger partial charge on any atom is -0.507 e. The second-order valence-electron chi connectivity index (χ2n) is 12.1. The number of carboxylic acid groups (broad SMARTS) is 1. The Morgan fingerprint density at radius 1 is 0.855 bits per heavy atom. The average Bonchev–Trinajstić information content (AvgIpc) is 3.15. The molecule has 0 bridgehead atoms. The first kappa shape index (κ1) is 40.4. The van der Waals surface area contributed by atoms with E-state index in [2.05, 4.69) is 0 Å². The van der Waals surface area contributed by atoms with Crippen molar-refractivity contribution in [1.29, 1.82) is 0 Å². The van der Waals surface area contributed by atoms with Crippen LogP contribution in [0.15, 0.2) is 57.7 Å². The Hall–Kier alpha value is -5.83. The number of carbonyl (C=O) groups is 2. The molecule has 8 N–H and O–H groups in total. The number of phenolic OH excluding ortho intramolecular Hbond substituents is 2. The number of fused-ring (bicyclic) bond motifs is 1. The molecule has 1 fully saturated rings. The van der Waals surface area contributed by atoms with E-state index in [1.807, 2.05) is 0 Å². The normalized spacial score (nSPS) is 20.6. The van der Waals surface area contributed by atoms with E-state index in [1.165, 1.54) is 57.7 Å². The highest BCUT2D eigenvalue weighted by atomic mass is 16.7. The molecule has 4 aromatic rings. The van der Waals surface area contributed by atoms with Crippen LogP contribution in [0.25, 0.3) is 22.3 Å². The van der Waals surface area contributed by atoms with Crippen molar-refractivity contribution in [2.24, 2.45) is 0 Å². The molecular formula is C36H38O19. The van der Waals surface area contributed by atoms with Gasteiger partial charge in [0.15, 0.2) is 34.5 Å². The third-order valence-corrected chi connectivity index (χ3v) is 8.50. The van der Waals surface area contributed by atoms with Crippen LogP contribution in [-0.4, -0.2) is 124 Å². The number of aliphatic hydroxyl groups excluding tert-OH is 5. The molecular weight excluding hydrogens is 736 g/mol. The van der Waals surface area contributed by atoms with Crippen LogP contribution in [0, 0.1) is 0 Å². The van der Waals surface area contributed by atoms with Gasteiger partial charge in [0.2, 0.25) is 12.0 Å². The molecule has 1 saturated heterocycles. The molecule has 7 atom stereocenters. The first-order chi connectivity index (χ1) is 26.2. The Morgan fingerprint density at radius 3 is 2.15 bits per heavy atom. The lowest BCUT2D eigenvalue weighted by molar-refractivity contribution is -0.278. The maximum Gasteiger partial charge on any atom is 0.317 e. The highest BCUT2D eigenvalue weighted by molar-refractivity contribution is 5.90. The first-order valence-electron chi connectivity index (χ1n) is 16.3. The standard InChI is InChI=1S/C36H38O19/c1-48-22-6-15(4-5-18(22)38)31(44)26(13-37)54-35-24(49-2)7-16(8-25(35)50-3)21-11-20(40)30-19(39)9-17(10-23(30)53-21)52-36-34(47)33(46)32(45)27(55-36)14-51-29(43)12-28(41)42/h4-11,26-27,31-34,36-39,44-47H,12-14H2,1-3H3,(H,41,42). The van der Waals surface area contributed by atoms with E-state index in [-0.39, 0.29) is 62.4 Å². The number of benzene rings is 3. The number of hydrogen-bond acceptors (Lipinski definition) is 18. The molecule has 0 saturated carbocycles. The van der Waals surface area contributed by atoms with Crippen molar-refractivity contribution in [3.05, 3.63) is 64.3 Å². The van der Waals surface area contributed by atoms with Crippen molar-refractivity contribution >= 4 is 22.9 Å². The number of hydrogen-bond donors (Lipinski definition) is 8.